The Labute approximate surface area is 182 Å². The summed E-state index contributed by atoms with van der Waals surface area (Å²) in [6.07, 6.45) is 6.58. The molecule has 0 aromatic carbocycles. The third-order valence-corrected chi connectivity index (χ3v) is 5.91. The van der Waals surface area contributed by atoms with Crippen molar-refractivity contribution in [2.75, 3.05) is 38.1 Å². The van der Waals surface area contributed by atoms with Crippen molar-refractivity contribution in [2.45, 2.75) is 0 Å². The van der Waals surface area contributed by atoms with Crippen LogP contribution in [0.2, 0.25) is 0 Å². The summed E-state index contributed by atoms with van der Waals surface area (Å²) in [6.45, 7) is 3.80. The van der Waals surface area contributed by atoms with Crippen LogP contribution in [0.1, 0.15) is 0 Å². The van der Waals surface area contributed by atoms with Crippen LogP contribution in [0.25, 0.3) is 44.8 Å². The lowest BCUT2D eigenvalue weighted by Crippen LogP contribution is -2.44. The zero-order valence-corrected chi connectivity index (χ0v) is 17.4. The van der Waals surface area contributed by atoms with E-state index in [9.17, 15) is 0 Å². The van der Waals surface area contributed by atoms with Crippen LogP contribution in [-0.2, 0) is 0 Å². The van der Waals surface area contributed by atoms with E-state index in [2.05, 4.69) is 47.0 Å². The highest BCUT2D eigenvalue weighted by Crippen LogP contribution is 2.33. The lowest BCUT2D eigenvalue weighted by Gasteiger charge is -2.33. The molecule has 9 nitrogen and oxygen atoms in total. The van der Waals surface area contributed by atoms with Crippen molar-refractivity contribution in [3.63, 3.8) is 0 Å². The molecule has 0 atom stereocenters. The van der Waals surface area contributed by atoms with Crippen LogP contribution in [0.3, 0.4) is 0 Å². The van der Waals surface area contributed by atoms with E-state index in [1.165, 1.54) is 0 Å². The van der Waals surface area contributed by atoms with Gasteiger partial charge in [-0.2, -0.15) is 5.10 Å². The zero-order chi connectivity index (χ0) is 21.7. The molecule has 1 fully saturated rings. The third kappa shape index (κ3) is 2.99. The SMILES string of the molecule is CN1CCN(c2ccnc3[nH]c(-c4n[nH]c5cnc(-c6cccnc6)c(F)c45)nc23)CC1. The number of piperazine rings is 1. The van der Waals surface area contributed by atoms with Crippen LogP contribution in [0.15, 0.2) is 43.0 Å². The van der Waals surface area contributed by atoms with Crippen molar-refractivity contribution in [3.05, 3.63) is 48.8 Å². The van der Waals surface area contributed by atoms with Gasteiger partial charge in [0.1, 0.15) is 16.9 Å². The van der Waals surface area contributed by atoms with E-state index < -0.39 is 5.82 Å². The van der Waals surface area contributed by atoms with Crippen LogP contribution >= 0.6 is 0 Å². The van der Waals surface area contributed by atoms with Crippen LogP contribution in [0, 0.1) is 5.82 Å². The predicted molar refractivity (Wildman–Crippen MR) is 120 cm³/mol. The van der Waals surface area contributed by atoms with Gasteiger partial charge in [0.2, 0.25) is 0 Å². The van der Waals surface area contributed by atoms with Gasteiger partial charge in [0.05, 0.1) is 22.8 Å². The zero-order valence-electron chi connectivity index (χ0n) is 17.4. The second kappa shape index (κ2) is 7.34. The summed E-state index contributed by atoms with van der Waals surface area (Å²) in [5, 5.41) is 7.55. The summed E-state index contributed by atoms with van der Waals surface area (Å²) in [5.41, 5.74) is 4.14. The topological polar surface area (TPSA) is 103 Å². The van der Waals surface area contributed by atoms with Gasteiger partial charge in [-0.15, -0.1) is 0 Å². The minimum Gasteiger partial charge on any atom is -0.367 e. The van der Waals surface area contributed by atoms with E-state index in [0.29, 0.717) is 33.6 Å². The standard InChI is InChI=1S/C22H20FN9/c1-31-7-9-32(10-8-31)15-4-6-25-21-19(15)27-22(28-21)20-16-14(29-30-20)12-26-18(17(16)23)13-3-2-5-24-11-13/h2-6,11-12H,7-10H2,1H3,(H,29,30)(H,25,27,28). The molecule has 0 unspecified atom stereocenters. The van der Waals surface area contributed by atoms with Crippen molar-refractivity contribution >= 4 is 27.8 Å². The van der Waals surface area contributed by atoms with Crippen molar-refractivity contribution in [3.8, 4) is 22.8 Å². The monoisotopic (exact) mass is 429 g/mol. The number of pyridine rings is 3. The van der Waals surface area contributed by atoms with Crippen LogP contribution in [-0.4, -0.2) is 73.2 Å². The van der Waals surface area contributed by atoms with Gasteiger partial charge in [0.15, 0.2) is 17.3 Å². The summed E-state index contributed by atoms with van der Waals surface area (Å²) in [4.78, 5) is 25.4. The molecule has 2 N–H and O–H groups in total. The number of halogens is 1. The average Bonchev–Trinajstić information content (AvgIpc) is 3.45. The summed E-state index contributed by atoms with van der Waals surface area (Å²) in [7, 11) is 2.12. The first-order valence-corrected chi connectivity index (χ1v) is 10.4. The molecule has 0 spiro atoms. The minimum atomic E-state index is -0.466. The smallest absolute Gasteiger partial charge is 0.161 e. The molecule has 0 amide bonds. The molecule has 1 aliphatic rings. The number of aromatic nitrogens is 7. The lowest BCUT2D eigenvalue weighted by atomic mass is 10.1. The molecule has 1 saturated heterocycles. The van der Waals surface area contributed by atoms with E-state index >= 15 is 4.39 Å². The molecule has 160 valence electrons. The highest BCUT2D eigenvalue weighted by Gasteiger charge is 2.23. The molecule has 0 bridgehead atoms. The number of fused-ring (bicyclic) bond motifs is 2. The Bertz CT molecular complexity index is 1420. The maximum atomic E-state index is 15.6. The van der Waals surface area contributed by atoms with Crippen molar-refractivity contribution in [1.29, 1.82) is 0 Å². The number of nitrogens with zero attached hydrogens (tertiary/aromatic N) is 7. The fraction of sp³-hybridized carbons (Fsp3) is 0.227. The van der Waals surface area contributed by atoms with Gasteiger partial charge in [-0.25, -0.2) is 14.4 Å². The Morgan fingerprint density at radius 2 is 1.88 bits per heavy atom. The number of hydrogen-bond donors (Lipinski definition) is 2. The van der Waals surface area contributed by atoms with Crippen molar-refractivity contribution in [1.82, 2.24) is 40.0 Å². The predicted octanol–water partition coefficient (Wildman–Crippen LogP) is 2.85. The first-order chi connectivity index (χ1) is 15.7. The molecule has 0 aliphatic carbocycles. The molecule has 0 saturated carbocycles. The van der Waals surface area contributed by atoms with Crippen LogP contribution < -0.4 is 4.90 Å². The number of H-pyrrole nitrogens is 2. The number of hydrogen-bond acceptors (Lipinski definition) is 7. The van der Waals surface area contributed by atoms with Crippen molar-refractivity contribution < 1.29 is 4.39 Å². The third-order valence-electron chi connectivity index (χ3n) is 5.91. The average molecular weight is 429 g/mol. The van der Waals surface area contributed by atoms with Gasteiger partial charge >= 0.3 is 0 Å². The van der Waals surface area contributed by atoms with Crippen molar-refractivity contribution in [2.24, 2.45) is 0 Å². The number of imidazole rings is 1. The van der Waals surface area contributed by atoms with E-state index in [1.807, 2.05) is 6.07 Å². The maximum Gasteiger partial charge on any atom is 0.161 e. The Balaban J connectivity index is 1.48. The number of likely N-dealkylation sites (N-methyl/N-ethyl adjacent to an activating group) is 1. The molecule has 5 aromatic heterocycles. The highest BCUT2D eigenvalue weighted by molar-refractivity contribution is 5.96. The lowest BCUT2D eigenvalue weighted by molar-refractivity contribution is 0.313. The van der Waals surface area contributed by atoms with Gasteiger partial charge in [-0.3, -0.25) is 15.1 Å². The fourth-order valence-corrected chi connectivity index (χ4v) is 4.16. The van der Waals surface area contributed by atoms with Gasteiger partial charge < -0.3 is 14.8 Å². The largest absolute Gasteiger partial charge is 0.367 e. The number of aromatic amines is 2. The van der Waals surface area contributed by atoms with Gasteiger partial charge in [-0.05, 0) is 25.2 Å². The quantitative estimate of drug-likeness (QED) is 0.455. The summed E-state index contributed by atoms with van der Waals surface area (Å²) < 4.78 is 15.6. The number of anilines is 1. The second-order valence-corrected chi connectivity index (χ2v) is 7.93. The first kappa shape index (κ1) is 18.8. The number of rotatable bonds is 3. The molecular weight excluding hydrogens is 409 g/mol. The van der Waals surface area contributed by atoms with E-state index in [0.717, 1.165) is 37.4 Å². The first-order valence-electron chi connectivity index (χ1n) is 10.4. The molecule has 0 radical (unpaired) electrons. The second-order valence-electron chi connectivity index (χ2n) is 7.93. The maximum absolute atomic E-state index is 15.6. The molecule has 1 aliphatic heterocycles. The normalized spacial score (nSPS) is 15.1. The van der Waals surface area contributed by atoms with Crippen LogP contribution in [0.5, 0.6) is 0 Å². The molecule has 5 aromatic rings. The Kier molecular flexibility index (Phi) is 4.32. The van der Waals surface area contributed by atoms with E-state index in [1.54, 1.807) is 36.9 Å². The summed E-state index contributed by atoms with van der Waals surface area (Å²) in [6, 6.07) is 5.51. The van der Waals surface area contributed by atoms with Gasteiger partial charge in [-0.1, -0.05) is 0 Å². The van der Waals surface area contributed by atoms with Gasteiger partial charge in [0.25, 0.3) is 0 Å². The molecule has 6 rings (SSSR count). The van der Waals surface area contributed by atoms with Gasteiger partial charge in [0, 0.05) is 50.3 Å². The molecule has 6 heterocycles. The molecule has 10 heteroatoms. The Morgan fingerprint density at radius 1 is 1.00 bits per heavy atom. The molecule has 32 heavy (non-hydrogen) atoms. The molecular formula is C22H20FN9. The summed E-state index contributed by atoms with van der Waals surface area (Å²) in [5.74, 6) is -0.00507. The van der Waals surface area contributed by atoms with E-state index in [4.69, 9.17) is 4.98 Å². The minimum absolute atomic E-state index is 0.223. The highest BCUT2D eigenvalue weighted by atomic mass is 19.1. The summed E-state index contributed by atoms with van der Waals surface area (Å²) >= 11 is 0. The van der Waals surface area contributed by atoms with Crippen LogP contribution in [0.4, 0.5) is 10.1 Å². The Hall–Kier alpha value is -3.92. The Morgan fingerprint density at radius 3 is 2.69 bits per heavy atom. The van der Waals surface area contributed by atoms with E-state index in [-0.39, 0.29) is 5.69 Å². The number of nitrogens with one attached hydrogen (secondary N) is 2. The fourth-order valence-electron chi connectivity index (χ4n) is 4.16.